The molecule has 0 saturated carbocycles. The third kappa shape index (κ3) is 5.34. The van der Waals surface area contributed by atoms with E-state index in [0.717, 1.165) is 67.5 Å². The lowest BCUT2D eigenvalue weighted by molar-refractivity contribution is -0.117. The number of carbonyl (C=O) groups excluding carboxylic acids is 1. The number of rotatable bonds is 6. The minimum atomic E-state index is 0.0545. The molecular weight excluding hydrogens is 374 g/mol. The van der Waals surface area contributed by atoms with Gasteiger partial charge in [0, 0.05) is 42.8 Å². The number of aryl methyl sites for hydroxylation is 1. The summed E-state index contributed by atoms with van der Waals surface area (Å²) in [5.74, 6) is 0.966. The van der Waals surface area contributed by atoms with Gasteiger partial charge in [-0.3, -0.25) is 14.6 Å². The number of imidazole rings is 1. The summed E-state index contributed by atoms with van der Waals surface area (Å²) >= 11 is 0. The van der Waals surface area contributed by atoms with Gasteiger partial charge in [-0.2, -0.15) is 0 Å². The molecule has 0 radical (unpaired) electrons. The molecule has 2 aromatic carbocycles. The third-order valence-electron chi connectivity index (χ3n) is 5.54. The van der Waals surface area contributed by atoms with Crippen LogP contribution in [0, 0.1) is 6.92 Å². The number of nitrogens with zero attached hydrogens (tertiary/aromatic N) is 3. The van der Waals surface area contributed by atoms with Gasteiger partial charge in [0.25, 0.3) is 0 Å². The number of H-pyrrole nitrogens is 1. The van der Waals surface area contributed by atoms with Gasteiger partial charge in [0.05, 0.1) is 6.54 Å². The standard InChI is InChI=1S/C24H29N5O/c1-19-8-5-6-11-22(19)27-23(30)18-29-13-7-12-28(14-15-29)17-21-16-25-24(26-21)20-9-3-2-4-10-20/h2-6,8-11,16H,7,12-15,17-18H2,1H3,(H,25,26)(H,27,30). The predicted molar refractivity (Wildman–Crippen MR) is 120 cm³/mol. The van der Waals surface area contributed by atoms with Gasteiger partial charge in [0.2, 0.25) is 5.91 Å². The van der Waals surface area contributed by atoms with Crippen molar-refractivity contribution in [3.8, 4) is 11.4 Å². The van der Waals surface area contributed by atoms with Crippen molar-refractivity contribution in [3.05, 3.63) is 72.1 Å². The number of amides is 1. The molecule has 2 heterocycles. The zero-order valence-corrected chi connectivity index (χ0v) is 17.5. The molecule has 1 aliphatic heterocycles. The quantitative estimate of drug-likeness (QED) is 0.661. The number of nitrogens with one attached hydrogen (secondary N) is 2. The summed E-state index contributed by atoms with van der Waals surface area (Å²) in [4.78, 5) is 25.1. The Balaban J connectivity index is 1.27. The smallest absolute Gasteiger partial charge is 0.238 e. The van der Waals surface area contributed by atoms with E-state index in [0.29, 0.717) is 6.54 Å². The summed E-state index contributed by atoms with van der Waals surface area (Å²) < 4.78 is 0. The van der Waals surface area contributed by atoms with Crippen molar-refractivity contribution in [3.63, 3.8) is 0 Å². The topological polar surface area (TPSA) is 64.3 Å². The van der Waals surface area contributed by atoms with E-state index in [4.69, 9.17) is 0 Å². The zero-order valence-electron chi connectivity index (χ0n) is 17.5. The van der Waals surface area contributed by atoms with Crippen molar-refractivity contribution in [1.29, 1.82) is 0 Å². The van der Waals surface area contributed by atoms with E-state index in [-0.39, 0.29) is 5.91 Å². The van der Waals surface area contributed by atoms with Crippen LogP contribution in [-0.2, 0) is 11.3 Å². The molecule has 6 heteroatoms. The Kier molecular flexibility index (Phi) is 6.57. The first-order valence-corrected chi connectivity index (χ1v) is 10.6. The highest BCUT2D eigenvalue weighted by Gasteiger charge is 2.18. The number of benzene rings is 2. The minimum Gasteiger partial charge on any atom is -0.341 e. The van der Waals surface area contributed by atoms with Crippen molar-refractivity contribution in [2.75, 3.05) is 38.0 Å². The molecule has 6 nitrogen and oxygen atoms in total. The lowest BCUT2D eigenvalue weighted by atomic mass is 10.2. The van der Waals surface area contributed by atoms with E-state index in [1.807, 2.05) is 55.6 Å². The Hall–Kier alpha value is -2.96. The van der Waals surface area contributed by atoms with Gasteiger partial charge in [-0.15, -0.1) is 0 Å². The Morgan fingerprint density at radius 2 is 1.73 bits per heavy atom. The molecule has 1 saturated heterocycles. The van der Waals surface area contributed by atoms with Crippen LogP contribution < -0.4 is 5.32 Å². The predicted octanol–water partition coefficient (Wildman–Crippen LogP) is 3.53. The number of anilines is 1. The van der Waals surface area contributed by atoms with E-state index in [1.165, 1.54) is 0 Å². The van der Waals surface area contributed by atoms with Crippen LogP contribution in [0.1, 0.15) is 17.7 Å². The van der Waals surface area contributed by atoms with Crippen molar-refractivity contribution < 1.29 is 4.79 Å². The number of hydrogen-bond acceptors (Lipinski definition) is 4. The average Bonchev–Trinajstić information content (AvgIpc) is 3.11. The summed E-state index contributed by atoms with van der Waals surface area (Å²) in [5.41, 5.74) is 4.21. The molecule has 4 rings (SSSR count). The molecule has 1 aliphatic rings. The number of carbonyl (C=O) groups is 1. The molecule has 3 aromatic rings. The van der Waals surface area contributed by atoms with E-state index in [9.17, 15) is 4.79 Å². The Bertz CT molecular complexity index is 968. The summed E-state index contributed by atoms with van der Waals surface area (Å²) in [7, 11) is 0. The van der Waals surface area contributed by atoms with Gasteiger partial charge in [-0.25, -0.2) is 4.98 Å². The van der Waals surface area contributed by atoms with Gasteiger partial charge >= 0.3 is 0 Å². The van der Waals surface area contributed by atoms with Crippen molar-refractivity contribution in [2.45, 2.75) is 19.9 Å². The normalized spacial score (nSPS) is 15.6. The molecule has 0 bridgehead atoms. The summed E-state index contributed by atoms with van der Waals surface area (Å²) in [5, 5.41) is 3.04. The van der Waals surface area contributed by atoms with Crippen LogP contribution >= 0.6 is 0 Å². The fourth-order valence-electron chi connectivity index (χ4n) is 3.87. The van der Waals surface area contributed by atoms with Crippen LogP contribution in [0.4, 0.5) is 5.69 Å². The van der Waals surface area contributed by atoms with Crippen molar-refractivity contribution >= 4 is 11.6 Å². The van der Waals surface area contributed by atoms with E-state index < -0.39 is 0 Å². The molecular formula is C24H29N5O. The second-order valence-electron chi connectivity index (χ2n) is 7.89. The van der Waals surface area contributed by atoms with Gasteiger partial charge in [-0.05, 0) is 38.1 Å². The number of para-hydroxylation sites is 1. The molecule has 2 N–H and O–H groups in total. The average molecular weight is 404 g/mol. The summed E-state index contributed by atoms with van der Waals surface area (Å²) in [6, 6.07) is 18.1. The van der Waals surface area contributed by atoms with E-state index in [1.54, 1.807) is 0 Å². The number of aromatic amines is 1. The molecule has 1 fully saturated rings. The maximum atomic E-state index is 12.5. The molecule has 30 heavy (non-hydrogen) atoms. The van der Waals surface area contributed by atoms with E-state index >= 15 is 0 Å². The van der Waals surface area contributed by atoms with Gasteiger partial charge in [0.15, 0.2) is 0 Å². The molecule has 0 aliphatic carbocycles. The first-order chi connectivity index (χ1) is 14.7. The van der Waals surface area contributed by atoms with Crippen LogP contribution in [-0.4, -0.2) is 58.4 Å². The maximum absolute atomic E-state index is 12.5. The second kappa shape index (κ2) is 9.69. The number of aromatic nitrogens is 2. The molecule has 0 spiro atoms. The molecule has 0 atom stereocenters. The van der Waals surface area contributed by atoms with Gasteiger partial charge < -0.3 is 10.3 Å². The van der Waals surface area contributed by atoms with Crippen molar-refractivity contribution in [1.82, 2.24) is 19.8 Å². The van der Waals surface area contributed by atoms with Crippen LogP contribution in [0.15, 0.2) is 60.8 Å². The van der Waals surface area contributed by atoms with Gasteiger partial charge in [0.1, 0.15) is 5.82 Å². The Morgan fingerprint density at radius 3 is 2.57 bits per heavy atom. The molecule has 1 amide bonds. The number of hydrogen-bond donors (Lipinski definition) is 2. The second-order valence-corrected chi connectivity index (χ2v) is 7.89. The van der Waals surface area contributed by atoms with Crippen LogP contribution in [0.25, 0.3) is 11.4 Å². The van der Waals surface area contributed by atoms with Gasteiger partial charge in [-0.1, -0.05) is 48.5 Å². The Morgan fingerprint density at radius 1 is 1.00 bits per heavy atom. The fourth-order valence-corrected chi connectivity index (χ4v) is 3.87. The van der Waals surface area contributed by atoms with Crippen LogP contribution in [0.2, 0.25) is 0 Å². The highest BCUT2D eigenvalue weighted by Crippen LogP contribution is 2.16. The van der Waals surface area contributed by atoms with Crippen LogP contribution in [0.5, 0.6) is 0 Å². The summed E-state index contributed by atoms with van der Waals surface area (Å²) in [6.07, 6.45) is 2.98. The zero-order chi connectivity index (χ0) is 20.8. The lowest BCUT2D eigenvalue weighted by Crippen LogP contribution is -2.36. The molecule has 0 unspecified atom stereocenters. The largest absolute Gasteiger partial charge is 0.341 e. The van der Waals surface area contributed by atoms with Crippen LogP contribution in [0.3, 0.4) is 0 Å². The van der Waals surface area contributed by atoms with E-state index in [2.05, 4.69) is 37.2 Å². The first-order valence-electron chi connectivity index (χ1n) is 10.6. The SMILES string of the molecule is Cc1ccccc1NC(=O)CN1CCCN(Cc2cnc(-c3ccccc3)[nH]2)CC1. The minimum absolute atomic E-state index is 0.0545. The molecule has 156 valence electrons. The molecule has 1 aromatic heterocycles. The Labute approximate surface area is 177 Å². The monoisotopic (exact) mass is 403 g/mol. The lowest BCUT2D eigenvalue weighted by Gasteiger charge is -2.21. The fraction of sp³-hybridized carbons (Fsp3) is 0.333. The first kappa shape index (κ1) is 20.3. The highest BCUT2D eigenvalue weighted by atomic mass is 16.2. The maximum Gasteiger partial charge on any atom is 0.238 e. The highest BCUT2D eigenvalue weighted by molar-refractivity contribution is 5.92. The summed E-state index contributed by atoms with van der Waals surface area (Å²) in [6.45, 7) is 7.09. The third-order valence-corrected chi connectivity index (χ3v) is 5.54. The van der Waals surface area contributed by atoms with Crippen molar-refractivity contribution in [2.24, 2.45) is 0 Å².